The second kappa shape index (κ2) is 4.01. The number of nitrogens with zero attached hydrogens (tertiary/aromatic N) is 4. The van der Waals surface area contributed by atoms with E-state index in [-0.39, 0.29) is 5.41 Å². The summed E-state index contributed by atoms with van der Waals surface area (Å²) in [6.07, 6.45) is 1.79. The number of imidazole rings is 1. The Hall–Kier alpha value is -2.49. The highest BCUT2D eigenvalue weighted by Crippen LogP contribution is 2.32. The van der Waals surface area contributed by atoms with Gasteiger partial charge in [0, 0.05) is 17.0 Å². The molecule has 0 atom stereocenters. The molecule has 0 N–H and O–H groups in total. The van der Waals surface area contributed by atoms with Crippen molar-refractivity contribution in [2.45, 2.75) is 26.2 Å². The van der Waals surface area contributed by atoms with Gasteiger partial charge in [0.2, 0.25) is 0 Å². The Morgan fingerprint density at radius 3 is 2.57 bits per heavy atom. The Morgan fingerprint density at radius 2 is 1.76 bits per heavy atom. The fourth-order valence-corrected chi connectivity index (χ4v) is 2.76. The van der Waals surface area contributed by atoms with Crippen LogP contribution in [0, 0.1) is 0 Å². The Morgan fingerprint density at radius 1 is 0.952 bits per heavy atom. The van der Waals surface area contributed by atoms with Crippen molar-refractivity contribution in [3.63, 3.8) is 0 Å². The maximum absolute atomic E-state index is 4.90. The van der Waals surface area contributed by atoms with Crippen LogP contribution >= 0.6 is 0 Å². The Balaban J connectivity index is 2.34. The molecule has 4 nitrogen and oxygen atoms in total. The third-order valence-corrected chi connectivity index (χ3v) is 3.72. The minimum Gasteiger partial charge on any atom is -0.250 e. The molecule has 0 bridgehead atoms. The van der Waals surface area contributed by atoms with Crippen molar-refractivity contribution >= 4 is 27.6 Å². The van der Waals surface area contributed by atoms with Crippen molar-refractivity contribution in [3.8, 4) is 0 Å². The quantitative estimate of drug-likeness (QED) is 0.491. The third-order valence-electron chi connectivity index (χ3n) is 3.72. The SMILES string of the molecule is CC(C)(C)c1nc2ccccc2c2nc3cccnn3c12. The molecule has 0 spiro atoms. The van der Waals surface area contributed by atoms with Crippen LogP contribution in [0.5, 0.6) is 0 Å². The summed E-state index contributed by atoms with van der Waals surface area (Å²) in [5.41, 5.74) is 4.79. The van der Waals surface area contributed by atoms with Crippen molar-refractivity contribution in [2.75, 3.05) is 0 Å². The van der Waals surface area contributed by atoms with Crippen molar-refractivity contribution in [1.29, 1.82) is 0 Å². The monoisotopic (exact) mass is 276 g/mol. The van der Waals surface area contributed by atoms with Gasteiger partial charge in [-0.2, -0.15) is 5.10 Å². The van der Waals surface area contributed by atoms with Gasteiger partial charge in [-0.15, -0.1) is 0 Å². The van der Waals surface area contributed by atoms with E-state index in [1.165, 1.54) is 0 Å². The minimum absolute atomic E-state index is 0.0736. The van der Waals surface area contributed by atoms with Crippen LogP contribution in [0.2, 0.25) is 0 Å². The highest BCUT2D eigenvalue weighted by Gasteiger charge is 2.24. The number of para-hydroxylation sites is 1. The van der Waals surface area contributed by atoms with Crippen LogP contribution in [-0.4, -0.2) is 19.6 Å². The molecule has 0 saturated heterocycles. The van der Waals surface area contributed by atoms with E-state index >= 15 is 0 Å². The van der Waals surface area contributed by atoms with Crippen LogP contribution in [-0.2, 0) is 5.41 Å². The van der Waals surface area contributed by atoms with E-state index in [4.69, 9.17) is 9.97 Å². The molecule has 0 aliphatic rings. The highest BCUT2D eigenvalue weighted by atomic mass is 15.3. The number of benzene rings is 1. The number of rotatable bonds is 0. The van der Waals surface area contributed by atoms with E-state index in [2.05, 4.69) is 31.9 Å². The first kappa shape index (κ1) is 12.3. The van der Waals surface area contributed by atoms with E-state index in [1.807, 2.05) is 34.8 Å². The van der Waals surface area contributed by atoms with Crippen LogP contribution in [0.3, 0.4) is 0 Å². The lowest BCUT2D eigenvalue weighted by atomic mass is 9.90. The molecule has 0 radical (unpaired) electrons. The molecule has 4 rings (SSSR count). The largest absolute Gasteiger partial charge is 0.250 e. The topological polar surface area (TPSA) is 43.1 Å². The van der Waals surface area contributed by atoms with Crippen LogP contribution in [0.25, 0.3) is 27.6 Å². The summed E-state index contributed by atoms with van der Waals surface area (Å²) in [6, 6.07) is 12.0. The first-order valence-electron chi connectivity index (χ1n) is 7.08. The summed E-state index contributed by atoms with van der Waals surface area (Å²) in [4.78, 5) is 9.67. The number of pyridine rings is 1. The average molecular weight is 276 g/mol. The van der Waals surface area contributed by atoms with Gasteiger partial charge >= 0.3 is 0 Å². The normalized spacial score (nSPS) is 12.5. The van der Waals surface area contributed by atoms with Crippen molar-refractivity contribution in [2.24, 2.45) is 0 Å². The summed E-state index contributed by atoms with van der Waals surface area (Å²) >= 11 is 0. The Kier molecular flexibility index (Phi) is 2.34. The molecule has 4 aromatic rings. The van der Waals surface area contributed by atoms with Gasteiger partial charge in [0.05, 0.1) is 11.2 Å². The molecule has 0 unspecified atom stereocenters. The molecule has 0 amide bonds. The average Bonchev–Trinajstić information content (AvgIpc) is 2.85. The molecule has 4 heteroatoms. The molecular weight excluding hydrogens is 260 g/mol. The maximum atomic E-state index is 4.90. The molecule has 1 aromatic carbocycles. The summed E-state index contributed by atoms with van der Waals surface area (Å²) in [7, 11) is 0. The van der Waals surface area contributed by atoms with E-state index in [0.29, 0.717) is 0 Å². The number of hydrogen-bond acceptors (Lipinski definition) is 3. The summed E-state index contributed by atoms with van der Waals surface area (Å²) in [5, 5.41) is 5.54. The number of aromatic nitrogens is 4. The molecule has 3 aromatic heterocycles. The predicted octanol–water partition coefficient (Wildman–Crippen LogP) is 3.73. The van der Waals surface area contributed by atoms with Crippen molar-refractivity contribution in [3.05, 3.63) is 48.3 Å². The second-order valence-electron chi connectivity index (χ2n) is 6.33. The highest BCUT2D eigenvalue weighted by molar-refractivity contribution is 6.04. The van der Waals surface area contributed by atoms with Crippen molar-refractivity contribution < 1.29 is 0 Å². The molecule has 0 aliphatic heterocycles. The van der Waals surface area contributed by atoms with Crippen LogP contribution in [0.4, 0.5) is 0 Å². The minimum atomic E-state index is -0.0736. The Labute approximate surface area is 122 Å². The number of fused-ring (bicyclic) bond motifs is 5. The summed E-state index contributed by atoms with van der Waals surface area (Å²) in [5.74, 6) is 0. The maximum Gasteiger partial charge on any atom is 0.155 e. The Bertz CT molecular complexity index is 977. The first-order chi connectivity index (χ1) is 10.1. The second-order valence-corrected chi connectivity index (χ2v) is 6.33. The van der Waals surface area contributed by atoms with E-state index in [9.17, 15) is 0 Å². The van der Waals surface area contributed by atoms with E-state index < -0.39 is 0 Å². The zero-order valence-electron chi connectivity index (χ0n) is 12.3. The van der Waals surface area contributed by atoms with Gasteiger partial charge in [0.25, 0.3) is 0 Å². The van der Waals surface area contributed by atoms with Gasteiger partial charge in [-0.25, -0.2) is 14.5 Å². The molecule has 0 aliphatic carbocycles. The fraction of sp³-hybridized carbons (Fsp3) is 0.235. The molecule has 21 heavy (non-hydrogen) atoms. The lowest BCUT2D eigenvalue weighted by Gasteiger charge is -2.19. The standard InChI is InChI=1S/C17H16N4/c1-17(2,3)16-15-14(11-7-4-5-8-12(11)19-16)20-13-9-6-10-18-21(13)15/h4-10H,1-3H3. The molecule has 0 saturated carbocycles. The fourth-order valence-electron chi connectivity index (χ4n) is 2.76. The first-order valence-corrected chi connectivity index (χ1v) is 7.08. The van der Waals surface area contributed by atoms with E-state index in [1.54, 1.807) is 6.20 Å². The zero-order valence-corrected chi connectivity index (χ0v) is 12.3. The van der Waals surface area contributed by atoms with Crippen LogP contribution in [0.15, 0.2) is 42.6 Å². The van der Waals surface area contributed by atoms with Crippen LogP contribution < -0.4 is 0 Å². The van der Waals surface area contributed by atoms with Gasteiger partial charge in [0.15, 0.2) is 5.65 Å². The zero-order chi connectivity index (χ0) is 14.6. The predicted molar refractivity (Wildman–Crippen MR) is 84.5 cm³/mol. The van der Waals surface area contributed by atoms with Gasteiger partial charge in [-0.1, -0.05) is 39.0 Å². The molecule has 3 heterocycles. The smallest absolute Gasteiger partial charge is 0.155 e. The molecule has 104 valence electrons. The van der Waals surface area contributed by atoms with Crippen molar-refractivity contribution in [1.82, 2.24) is 19.6 Å². The lowest BCUT2D eigenvalue weighted by molar-refractivity contribution is 0.575. The van der Waals surface area contributed by atoms with Gasteiger partial charge in [-0.3, -0.25) is 0 Å². The van der Waals surface area contributed by atoms with Crippen LogP contribution in [0.1, 0.15) is 26.5 Å². The van der Waals surface area contributed by atoms with Gasteiger partial charge in [-0.05, 0) is 18.2 Å². The summed E-state index contributed by atoms with van der Waals surface area (Å²) < 4.78 is 1.90. The molecular formula is C17H16N4. The summed E-state index contributed by atoms with van der Waals surface area (Å²) in [6.45, 7) is 6.52. The lowest BCUT2D eigenvalue weighted by Crippen LogP contribution is -2.15. The molecule has 0 fully saturated rings. The third kappa shape index (κ3) is 1.72. The van der Waals surface area contributed by atoms with Gasteiger partial charge in [0.1, 0.15) is 11.0 Å². The van der Waals surface area contributed by atoms with Gasteiger partial charge < -0.3 is 0 Å². The number of hydrogen-bond donors (Lipinski definition) is 0. The van der Waals surface area contributed by atoms with E-state index in [0.717, 1.165) is 33.3 Å².